The molecule has 1 aromatic carbocycles. The second-order valence-electron chi connectivity index (χ2n) is 6.66. The van der Waals surface area contributed by atoms with Gasteiger partial charge in [0.1, 0.15) is 12.4 Å². The highest BCUT2D eigenvalue weighted by atomic mass is 19.4. The number of alkyl halides is 3. The van der Waals surface area contributed by atoms with Gasteiger partial charge in [0.05, 0.1) is 11.6 Å². The minimum absolute atomic E-state index is 0.0369. The number of benzene rings is 1. The number of alkyl carbamates (subject to hydrolysis) is 1. The van der Waals surface area contributed by atoms with Crippen molar-refractivity contribution in [2.45, 2.75) is 37.6 Å². The minimum Gasteiger partial charge on any atom is -0.447 e. The van der Waals surface area contributed by atoms with Crippen LogP contribution in [0.2, 0.25) is 0 Å². The minimum atomic E-state index is -4.57. The number of nitrogens with zero attached hydrogens (tertiary/aromatic N) is 1. The molecule has 2 amide bonds. The van der Waals surface area contributed by atoms with Crippen molar-refractivity contribution >= 4 is 12.0 Å². The maximum absolute atomic E-state index is 13.8. The Hall–Kier alpha value is -2.36. The number of ether oxygens (including phenoxy) is 1. The van der Waals surface area contributed by atoms with Crippen molar-refractivity contribution in [2.24, 2.45) is 0 Å². The molecule has 2 fully saturated rings. The van der Waals surface area contributed by atoms with Crippen LogP contribution < -0.4 is 10.6 Å². The second-order valence-corrected chi connectivity index (χ2v) is 6.66. The van der Waals surface area contributed by atoms with Gasteiger partial charge in [-0.25, -0.2) is 9.18 Å². The summed E-state index contributed by atoms with van der Waals surface area (Å²) >= 11 is 0. The molecular formula is C17H19F4N3O3. The highest BCUT2D eigenvalue weighted by Crippen LogP contribution is 2.30. The van der Waals surface area contributed by atoms with E-state index in [2.05, 4.69) is 10.6 Å². The molecule has 27 heavy (non-hydrogen) atoms. The van der Waals surface area contributed by atoms with Gasteiger partial charge in [0.2, 0.25) is 5.91 Å². The monoisotopic (exact) mass is 389 g/mol. The highest BCUT2D eigenvalue weighted by molar-refractivity contribution is 5.77. The van der Waals surface area contributed by atoms with E-state index in [4.69, 9.17) is 4.74 Å². The first-order chi connectivity index (χ1) is 12.7. The Labute approximate surface area is 152 Å². The number of nitrogens with one attached hydrogen (secondary N) is 2. The fourth-order valence-corrected chi connectivity index (χ4v) is 2.97. The van der Waals surface area contributed by atoms with Crippen LogP contribution in [0.5, 0.6) is 0 Å². The van der Waals surface area contributed by atoms with E-state index in [1.54, 1.807) is 4.90 Å². The molecule has 2 N–H and O–H groups in total. The van der Waals surface area contributed by atoms with Gasteiger partial charge in [-0.1, -0.05) is 6.07 Å². The molecule has 0 aliphatic carbocycles. The first-order valence-electron chi connectivity index (χ1n) is 8.52. The third-order valence-corrected chi connectivity index (χ3v) is 4.64. The third kappa shape index (κ3) is 4.88. The Balaban J connectivity index is 1.38. The topological polar surface area (TPSA) is 70.7 Å². The molecule has 2 aliphatic heterocycles. The van der Waals surface area contributed by atoms with E-state index in [0.29, 0.717) is 25.6 Å². The number of carbonyl (C=O) groups is 2. The van der Waals surface area contributed by atoms with Crippen LogP contribution in [0.3, 0.4) is 0 Å². The van der Waals surface area contributed by atoms with Gasteiger partial charge < -0.3 is 20.3 Å². The van der Waals surface area contributed by atoms with Crippen molar-refractivity contribution in [3.63, 3.8) is 0 Å². The van der Waals surface area contributed by atoms with Crippen molar-refractivity contribution in [2.75, 3.05) is 19.7 Å². The molecule has 2 heterocycles. The lowest BCUT2D eigenvalue weighted by molar-refractivity contribution is -0.138. The molecule has 3 rings (SSSR count). The molecule has 0 radical (unpaired) electrons. The lowest BCUT2D eigenvalue weighted by Crippen LogP contribution is -2.59. The third-order valence-electron chi connectivity index (χ3n) is 4.64. The van der Waals surface area contributed by atoms with Gasteiger partial charge in [0, 0.05) is 37.7 Å². The molecule has 10 heteroatoms. The lowest BCUT2D eigenvalue weighted by atomic mass is 10.1. The summed E-state index contributed by atoms with van der Waals surface area (Å²) in [6.45, 7) is 1.25. The summed E-state index contributed by atoms with van der Waals surface area (Å²) in [5, 5.41) is 5.63. The normalized spacial score (nSPS) is 20.2. The first-order valence-corrected chi connectivity index (χ1v) is 8.52. The van der Waals surface area contributed by atoms with Gasteiger partial charge in [-0.2, -0.15) is 13.2 Å². The molecule has 0 saturated carbocycles. The van der Waals surface area contributed by atoms with Crippen molar-refractivity contribution in [1.29, 1.82) is 0 Å². The van der Waals surface area contributed by atoms with Crippen LogP contribution in [0.25, 0.3) is 0 Å². The number of rotatable bonds is 6. The molecule has 0 aromatic heterocycles. The quantitative estimate of drug-likeness (QED) is 0.731. The Morgan fingerprint density at radius 3 is 2.67 bits per heavy atom. The van der Waals surface area contributed by atoms with Gasteiger partial charge in [-0.3, -0.25) is 4.79 Å². The number of hydrogen-bond donors (Lipinski definition) is 2. The zero-order chi connectivity index (χ0) is 19.6. The highest BCUT2D eigenvalue weighted by Gasteiger charge is 2.33. The van der Waals surface area contributed by atoms with Crippen LogP contribution in [0.15, 0.2) is 18.2 Å². The lowest BCUT2D eigenvalue weighted by Gasteiger charge is -2.40. The number of likely N-dealkylation sites (tertiary alicyclic amines) is 1. The number of amides is 2. The molecule has 1 aromatic rings. The van der Waals surface area contributed by atoms with E-state index in [9.17, 15) is 27.2 Å². The van der Waals surface area contributed by atoms with E-state index in [0.717, 1.165) is 12.1 Å². The van der Waals surface area contributed by atoms with Gasteiger partial charge in [-0.15, -0.1) is 0 Å². The van der Waals surface area contributed by atoms with Gasteiger partial charge >= 0.3 is 12.3 Å². The Kier molecular flexibility index (Phi) is 5.54. The maximum Gasteiger partial charge on any atom is 0.416 e. The van der Waals surface area contributed by atoms with E-state index >= 15 is 0 Å². The predicted octanol–water partition coefficient (Wildman–Crippen LogP) is 2.03. The fraction of sp³-hybridized carbons (Fsp3) is 0.529. The molecule has 148 valence electrons. The van der Waals surface area contributed by atoms with Crippen LogP contribution in [-0.2, 0) is 22.3 Å². The van der Waals surface area contributed by atoms with Crippen molar-refractivity contribution < 1.29 is 31.9 Å². The molecule has 6 nitrogen and oxygen atoms in total. The van der Waals surface area contributed by atoms with Gasteiger partial charge in [-0.05, 0) is 18.6 Å². The zero-order valence-corrected chi connectivity index (χ0v) is 14.3. The summed E-state index contributed by atoms with van der Waals surface area (Å²) in [5.41, 5.74) is -0.877. The van der Waals surface area contributed by atoms with Crippen LogP contribution in [0.4, 0.5) is 22.4 Å². The van der Waals surface area contributed by atoms with Crippen LogP contribution >= 0.6 is 0 Å². The van der Waals surface area contributed by atoms with Gasteiger partial charge in [0.25, 0.3) is 0 Å². The summed E-state index contributed by atoms with van der Waals surface area (Å²) in [6.07, 6.45) is -4.27. The number of carbonyl (C=O) groups excluding carboxylic acids is 2. The Bertz CT molecular complexity index is 720. The van der Waals surface area contributed by atoms with E-state index < -0.39 is 23.7 Å². The van der Waals surface area contributed by atoms with E-state index in [1.807, 2.05) is 0 Å². The predicted molar refractivity (Wildman–Crippen MR) is 86.1 cm³/mol. The van der Waals surface area contributed by atoms with Crippen LogP contribution in [0, 0.1) is 5.82 Å². The number of halogens is 4. The molecular weight excluding hydrogens is 370 g/mol. The van der Waals surface area contributed by atoms with Crippen molar-refractivity contribution in [3.8, 4) is 0 Å². The summed E-state index contributed by atoms with van der Waals surface area (Å²) in [4.78, 5) is 24.6. The SMILES string of the molecule is O=C1N[C@H](CCC(=O)N2CC(NCc3ccc(C(F)(F)F)cc3F)C2)CO1. The summed E-state index contributed by atoms with van der Waals surface area (Å²) in [5.74, 6) is -0.958. The van der Waals surface area contributed by atoms with Crippen molar-refractivity contribution in [3.05, 3.63) is 35.1 Å². The van der Waals surface area contributed by atoms with E-state index in [-0.39, 0.29) is 43.1 Å². The molecule has 2 saturated heterocycles. The second kappa shape index (κ2) is 7.71. The Morgan fingerprint density at radius 2 is 2.07 bits per heavy atom. The maximum atomic E-state index is 13.8. The summed E-state index contributed by atoms with van der Waals surface area (Å²) in [7, 11) is 0. The zero-order valence-electron chi connectivity index (χ0n) is 14.3. The number of hydrogen-bond acceptors (Lipinski definition) is 4. The standard InChI is InChI=1S/C17H19F4N3O3/c18-14-5-11(17(19,20)21)2-1-10(14)6-22-13-7-24(8-13)15(25)4-3-12-9-27-16(26)23-12/h1-2,5,12-13,22H,3-4,6-9H2,(H,23,26)/t12-/m1/s1. The average Bonchev–Trinajstić information content (AvgIpc) is 2.97. The average molecular weight is 389 g/mol. The first kappa shape index (κ1) is 19.4. The molecule has 0 bridgehead atoms. The molecule has 0 unspecified atom stereocenters. The van der Waals surface area contributed by atoms with Crippen LogP contribution in [0.1, 0.15) is 24.0 Å². The number of cyclic esters (lactones) is 1. The summed E-state index contributed by atoms with van der Waals surface area (Å²) < 4.78 is 56.1. The molecule has 1 atom stereocenters. The van der Waals surface area contributed by atoms with E-state index in [1.165, 1.54) is 0 Å². The van der Waals surface area contributed by atoms with Crippen molar-refractivity contribution in [1.82, 2.24) is 15.5 Å². The fourth-order valence-electron chi connectivity index (χ4n) is 2.97. The molecule has 2 aliphatic rings. The van der Waals surface area contributed by atoms with Gasteiger partial charge in [0.15, 0.2) is 0 Å². The molecule has 0 spiro atoms. The van der Waals surface area contributed by atoms with Crippen LogP contribution in [-0.4, -0.2) is 48.7 Å². The smallest absolute Gasteiger partial charge is 0.416 e. The Morgan fingerprint density at radius 1 is 1.33 bits per heavy atom. The largest absolute Gasteiger partial charge is 0.447 e. The summed E-state index contributed by atoms with van der Waals surface area (Å²) in [6, 6.07) is 2.26.